The Morgan fingerprint density at radius 3 is 1.67 bits per heavy atom. The van der Waals surface area contributed by atoms with Crippen LogP contribution in [-0.2, 0) is 0 Å². The van der Waals surface area contributed by atoms with E-state index in [4.69, 9.17) is 0 Å². The maximum Gasteiger partial charge on any atom is 0.0221 e. The van der Waals surface area contributed by atoms with Crippen LogP contribution in [0.25, 0.3) is 0 Å². The molecule has 0 heterocycles. The van der Waals surface area contributed by atoms with Gasteiger partial charge in [-0.25, -0.2) is 0 Å². The van der Waals surface area contributed by atoms with Gasteiger partial charge in [0.15, 0.2) is 0 Å². The van der Waals surface area contributed by atoms with Crippen molar-refractivity contribution in [2.24, 2.45) is 0 Å². The molecule has 1 fully saturated rings. The molecule has 0 aromatic heterocycles. The fourth-order valence-electron chi connectivity index (χ4n) is 2.14. The smallest absolute Gasteiger partial charge is 0.0221 e. The maximum absolute atomic E-state index is 3.56. The molecule has 0 aromatic carbocycles. The summed E-state index contributed by atoms with van der Waals surface area (Å²) in [6.07, 6.45) is 5.51. The first kappa shape index (κ1) is 10.0. The second kappa shape index (κ2) is 5.55. The van der Waals surface area contributed by atoms with Gasteiger partial charge in [-0.05, 0) is 25.9 Å². The average molecular weight is 170 g/mol. The van der Waals surface area contributed by atoms with Crippen LogP contribution in [-0.4, -0.2) is 25.2 Å². The van der Waals surface area contributed by atoms with Crippen molar-refractivity contribution in [3.8, 4) is 0 Å². The summed E-state index contributed by atoms with van der Waals surface area (Å²) in [5.41, 5.74) is 0. The van der Waals surface area contributed by atoms with Crippen molar-refractivity contribution in [2.75, 3.05) is 13.1 Å². The summed E-state index contributed by atoms with van der Waals surface area (Å²) in [4.78, 5) is 0. The Labute approximate surface area is 76.1 Å². The first-order chi connectivity index (χ1) is 5.88. The molecule has 0 amide bonds. The lowest BCUT2D eigenvalue weighted by Crippen LogP contribution is -2.49. The van der Waals surface area contributed by atoms with E-state index in [2.05, 4.69) is 24.5 Å². The monoisotopic (exact) mass is 170 g/mol. The van der Waals surface area contributed by atoms with Gasteiger partial charge in [0, 0.05) is 12.1 Å². The van der Waals surface area contributed by atoms with Gasteiger partial charge in [-0.3, -0.25) is 0 Å². The molecule has 1 saturated carbocycles. The fourth-order valence-corrected chi connectivity index (χ4v) is 2.14. The van der Waals surface area contributed by atoms with Crippen molar-refractivity contribution in [1.29, 1.82) is 0 Å². The van der Waals surface area contributed by atoms with E-state index in [0.717, 1.165) is 25.2 Å². The molecular weight excluding hydrogens is 148 g/mol. The molecule has 2 N–H and O–H groups in total. The van der Waals surface area contributed by atoms with Gasteiger partial charge in [0.25, 0.3) is 0 Å². The van der Waals surface area contributed by atoms with Gasteiger partial charge in [0.05, 0.1) is 0 Å². The van der Waals surface area contributed by atoms with Gasteiger partial charge in [0.1, 0.15) is 0 Å². The van der Waals surface area contributed by atoms with Crippen LogP contribution in [0.2, 0.25) is 0 Å². The minimum atomic E-state index is 0.726. The van der Waals surface area contributed by atoms with Crippen molar-refractivity contribution in [2.45, 2.75) is 51.6 Å². The predicted octanol–water partition coefficient (Wildman–Crippen LogP) is 1.52. The number of likely N-dealkylation sites (N-methyl/N-ethyl adjacent to an activating group) is 2. The highest BCUT2D eigenvalue weighted by atomic mass is 15.0. The van der Waals surface area contributed by atoms with Crippen molar-refractivity contribution in [3.63, 3.8) is 0 Å². The van der Waals surface area contributed by atoms with Gasteiger partial charge < -0.3 is 10.6 Å². The highest BCUT2D eigenvalue weighted by molar-refractivity contribution is 4.85. The average Bonchev–Trinajstić information content (AvgIpc) is 2.09. The van der Waals surface area contributed by atoms with E-state index < -0.39 is 0 Å². The summed E-state index contributed by atoms with van der Waals surface area (Å²) < 4.78 is 0. The molecule has 0 aliphatic heterocycles. The first-order valence-corrected chi connectivity index (χ1v) is 5.35. The SMILES string of the molecule is CCN[C@@H]1CCCC[C@H]1NCC. The third kappa shape index (κ3) is 2.76. The number of nitrogens with one attached hydrogen (secondary N) is 2. The molecule has 0 bridgehead atoms. The highest BCUT2D eigenvalue weighted by Crippen LogP contribution is 2.18. The fraction of sp³-hybridized carbons (Fsp3) is 1.00. The highest BCUT2D eigenvalue weighted by Gasteiger charge is 2.22. The molecule has 0 saturated heterocycles. The van der Waals surface area contributed by atoms with E-state index in [1.54, 1.807) is 0 Å². The molecule has 0 radical (unpaired) electrons. The molecular formula is C10H22N2. The summed E-state index contributed by atoms with van der Waals surface area (Å²) in [5, 5.41) is 7.11. The van der Waals surface area contributed by atoms with Crippen molar-refractivity contribution in [3.05, 3.63) is 0 Å². The second-order valence-electron chi connectivity index (χ2n) is 3.61. The third-order valence-electron chi connectivity index (χ3n) is 2.70. The topological polar surface area (TPSA) is 24.1 Å². The minimum Gasteiger partial charge on any atom is -0.313 e. The van der Waals surface area contributed by atoms with E-state index in [-0.39, 0.29) is 0 Å². The third-order valence-corrected chi connectivity index (χ3v) is 2.70. The molecule has 2 nitrogen and oxygen atoms in total. The van der Waals surface area contributed by atoms with Crippen molar-refractivity contribution < 1.29 is 0 Å². The Bertz CT molecular complexity index is 96.4. The van der Waals surface area contributed by atoms with Gasteiger partial charge >= 0.3 is 0 Å². The molecule has 0 spiro atoms. The van der Waals surface area contributed by atoms with Crippen LogP contribution in [0.5, 0.6) is 0 Å². The lowest BCUT2D eigenvalue weighted by atomic mass is 9.90. The Kier molecular flexibility index (Phi) is 4.62. The first-order valence-electron chi connectivity index (χ1n) is 5.35. The molecule has 2 heteroatoms. The van der Waals surface area contributed by atoms with Gasteiger partial charge in [0.2, 0.25) is 0 Å². The minimum absolute atomic E-state index is 0.726. The molecule has 12 heavy (non-hydrogen) atoms. The molecule has 0 unspecified atom stereocenters. The van der Waals surface area contributed by atoms with E-state index in [1.165, 1.54) is 25.7 Å². The number of hydrogen-bond donors (Lipinski definition) is 2. The zero-order valence-corrected chi connectivity index (χ0v) is 8.40. The van der Waals surface area contributed by atoms with Crippen LogP contribution in [0.15, 0.2) is 0 Å². The van der Waals surface area contributed by atoms with Crippen LogP contribution in [0.1, 0.15) is 39.5 Å². The molecule has 0 aromatic rings. The van der Waals surface area contributed by atoms with E-state index in [0.29, 0.717) is 0 Å². The lowest BCUT2D eigenvalue weighted by Gasteiger charge is -2.32. The van der Waals surface area contributed by atoms with Crippen LogP contribution >= 0.6 is 0 Å². The summed E-state index contributed by atoms with van der Waals surface area (Å²) in [6.45, 7) is 6.59. The molecule has 72 valence electrons. The normalized spacial score (nSPS) is 30.5. The Balaban J connectivity index is 2.31. The maximum atomic E-state index is 3.56. The Morgan fingerprint density at radius 1 is 0.917 bits per heavy atom. The van der Waals surface area contributed by atoms with Gasteiger partial charge in [-0.15, -0.1) is 0 Å². The predicted molar refractivity (Wildman–Crippen MR) is 53.4 cm³/mol. The van der Waals surface area contributed by atoms with Crippen LogP contribution in [0, 0.1) is 0 Å². The zero-order chi connectivity index (χ0) is 8.81. The van der Waals surface area contributed by atoms with E-state index in [1.807, 2.05) is 0 Å². The number of rotatable bonds is 4. The molecule has 1 aliphatic carbocycles. The standard InChI is InChI=1S/C10H22N2/c1-3-11-9-7-5-6-8-10(9)12-4-2/h9-12H,3-8H2,1-2H3/t9-,10-/m1/s1. The van der Waals surface area contributed by atoms with E-state index in [9.17, 15) is 0 Å². The van der Waals surface area contributed by atoms with Crippen LogP contribution in [0.3, 0.4) is 0 Å². The summed E-state index contributed by atoms with van der Waals surface area (Å²) in [7, 11) is 0. The lowest BCUT2D eigenvalue weighted by molar-refractivity contribution is 0.291. The quantitative estimate of drug-likeness (QED) is 0.668. The van der Waals surface area contributed by atoms with E-state index >= 15 is 0 Å². The van der Waals surface area contributed by atoms with Crippen LogP contribution < -0.4 is 10.6 Å². The van der Waals surface area contributed by atoms with Crippen LogP contribution in [0.4, 0.5) is 0 Å². The van der Waals surface area contributed by atoms with Crippen molar-refractivity contribution >= 4 is 0 Å². The van der Waals surface area contributed by atoms with Crippen molar-refractivity contribution in [1.82, 2.24) is 10.6 Å². The molecule has 1 rings (SSSR count). The molecule has 1 aliphatic rings. The second-order valence-corrected chi connectivity index (χ2v) is 3.61. The summed E-state index contributed by atoms with van der Waals surface area (Å²) in [6, 6.07) is 1.45. The summed E-state index contributed by atoms with van der Waals surface area (Å²) >= 11 is 0. The largest absolute Gasteiger partial charge is 0.313 e. The number of hydrogen-bond acceptors (Lipinski definition) is 2. The zero-order valence-electron chi connectivity index (χ0n) is 8.40. The van der Waals surface area contributed by atoms with Gasteiger partial charge in [-0.1, -0.05) is 26.7 Å². The van der Waals surface area contributed by atoms with Gasteiger partial charge in [-0.2, -0.15) is 0 Å². The Morgan fingerprint density at radius 2 is 1.33 bits per heavy atom. The summed E-state index contributed by atoms with van der Waals surface area (Å²) in [5.74, 6) is 0. The molecule has 2 atom stereocenters. The Hall–Kier alpha value is -0.0800.